The van der Waals surface area contributed by atoms with Gasteiger partial charge in [0.05, 0.1) is 7.11 Å². The Balaban J connectivity index is 2.02. The van der Waals surface area contributed by atoms with Crippen molar-refractivity contribution in [3.63, 3.8) is 0 Å². The second-order valence-corrected chi connectivity index (χ2v) is 9.08. The van der Waals surface area contributed by atoms with Gasteiger partial charge in [-0.2, -0.15) is 11.8 Å². The molecule has 0 aliphatic heterocycles. The summed E-state index contributed by atoms with van der Waals surface area (Å²) in [6, 6.07) is 17.3. The lowest BCUT2D eigenvalue weighted by Gasteiger charge is -2.29. The topological polar surface area (TPSA) is 58.6 Å². The van der Waals surface area contributed by atoms with Crippen LogP contribution in [0.25, 0.3) is 0 Å². The molecule has 31 heavy (non-hydrogen) atoms. The number of nitrogens with one attached hydrogen (secondary N) is 1. The molecular formula is C25H34N2O3S. The number of benzene rings is 2. The first-order valence-electron chi connectivity index (χ1n) is 10.7. The SMILES string of the molecule is COc1cccc(CN(C(=O)CCSCc2ccccc2)C(C)C(=O)NCC(C)C)c1. The largest absolute Gasteiger partial charge is 0.497 e. The zero-order chi connectivity index (χ0) is 22.6. The summed E-state index contributed by atoms with van der Waals surface area (Å²) in [4.78, 5) is 27.5. The van der Waals surface area contributed by atoms with E-state index in [4.69, 9.17) is 4.74 Å². The Morgan fingerprint density at radius 3 is 2.42 bits per heavy atom. The third kappa shape index (κ3) is 8.66. The molecule has 6 heteroatoms. The summed E-state index contributed by atoms with van der Waals surface area (Å²) < 4.78 is 5.31. The van der Waals surface area contributed by atoms with Gasteiger partial charge in [-0.25, -0.2) is 0 Å². The fraction of sp³-hybridized carbons (Fsp3) is 0.440. The number of ether oxygens (including phenoxy) is 1. The Kier molecular flexibility index (Phi) is 10.4. The first-order valence-corrected chi connectivity index (χ1v) is 11.9. The van der Waals surface area contributed by atoms with E-state index in [2.05, 4.69) is 17.4 Å². The molecule has 0 radical (unpaired) electrons. The van der Waals surface area contributed by atoms with Crippen molar-refractivity contribution < 1.29 is 14.3 Å². The second kappa shape index (κ2) is 13.1. The van der Waals surface area contributed by atoms with E-state index in [1.54, 1.807) is 30.7 Å². The lowest BCUT2D eigenvalue weighted by molar-refractivity contribution is -0.140. The normalized spacial score (nSPS) is 11.8. The summed E-state index contributed by atoms with van der Waals surface area (Å²) in [7, 11) is 1.62. The summed E-state index contributed by atoms with van der Waals surface area (Å²) in [5, 5.41) is 2.95. The van der Waals surface area contributed by atoms with Gasteiger partial charge < -0.3 is 15.0 Å². The van der Waals surface area contributed by atoms with E-state index in [1.807, 2.05) is 56.3 Å². The number of hydrogen-bond donors (Lipinski definition) is 1. The number of amides is 2. The van der Waals surface area contributed by atoms with Crippen molar-refractivity contribution >= 4 is 23.6 Å². The number of rotatable bonds is 12. The van der Waals surface area contributed by atoms with Crippen LogP contribution in [-0.4, -0.2) is 42.2 Å². The molecule has 0 saturated heterocycles. The molecule has 0 fully saturated rings. The molecule has 0 aliphatic carbocycles. The van der Waals surface area contributed by atoms with Crippen LogP contribution in [0.5, 0.6) is 5.75 Å². The van der Waals surface area contributed by atoms with Gasteiger partial charge in [-0.1, -0.05) is 56.3 Å². The van der Waals surface area contributed by atoms with Crippen molar-refractivity contribution in [1.29, 1.82) is 0 Å². The van der Waals surface area contributed by atoms with Gasteiger partial charge in [0.25, 0.3) is 0 Å². The first kappa shape index (κ1) is 24.8. The summed E-state index contributed by atoms with van der Waals surface area (Å²) in [6.07, 6.45) is 0.392. The molecule has 1 unspecified atom stereocenters. The summed E-state index contributed by atoms with van der Waals surface area (Å²) in [6.45, 7) is 6.86. The van der Waals surface area contributed by atoms with E-state index in [-0.39, 0.29) is 11.8 Å². The first-order chi connectivity index (χ1) is 14.9. The second-order valence-electron chi connectivity index (χ2n) is 7.98. The van der Waals surface area contributed by atoms with Crippen molar-refractivity contribution in [2.45, 2.75) is 45.5 Å². The zero-order valence-corrected chi connectivity index (χ0v) is 19.8. The standard InChI is InChI=1S/C25H34N2O3S/c1-19(2)16-26-25(29)20(3)27(17-22-11-8-12-23(15-22)30-4)24(28)13-14-31-18-21-9-6-5-7-10-21/h5-12,15,19-20H,13-14,16-18H2,1-4H3,(H,26,29). The summed E-state index contributed by atoms with van der Waals surface area (Å²) in [5.74, 6) is 2.53. The van der Waals surface area contributed by atoms with E-state index < -0.39 is 6.04 Å². The fourth-order valence-corrected chi connectivity index (χ4v) is 3.96. The highest BCUT2D eigenvalue weighted by molar-refractivity contribution is 7.98. The molecule has 0 aromatic heterocycles. The van der Waals surface area contributed by atoms with E-state index in [0.29, 0.717) is 31.2 Å². The Morgan fingerprint density at radius 2 is 1.74 bits per heavy atom. The van der Waals surface area contributed by atoms with Crippen LogP contribution < -0.4 is 10.1 Å². The van der Waals surface area contributed by atoms with Crippen molar-refractivity contribution in [3.05, 3.63) is 65.7 Å². The summed E-state index contributed by atoms with van der Waals surface area (Å²) >= 11 is 1.73. The van der Waals surface area contributed by atoms with E-state index in [1.165, 1.54) is 5.56 Å². The van der Waals surface area contributed by atoms with Crippen LogP contribution in [0, 0.1) is 5.92 Å². The van der Waals surface area contributed by atoms with Gasteiger partial charge in [0, 0.05) is 31.0 Å². The predicted molar refractivity (Wildman–Crippen MR) is 128 cm³/mol. The monoisotopic (exact) mass is 442 g/mol. The third-order valence-electron chi connectivity index (χ3n) is 4.91. The Morgan fingerprint density at radius 1 is 1.03 bits per heavy atom. The van der Waals surface area contributed by atoms with Crippen molar-refractivity contribution in [3.8, 4) is 5.75 Å². The highest BCUT2D eigenvalue weighted by Gasteiger charge is 2.26. The minimum Gasteiger partial charge on any atom is -0.497 e. The van der Waals surface area contributed by atoms with Crippen LogP contribution in [0.4, 0.5) is 0 Å². The zero-order valence-electron chi connectivity index (χ0n) is 19.0. The maximum atomic E-state index is 13.1. The Hall–Kier alpha value is -2.47. The predicted octanol–water partition coefficient (Wildman–Crippen LogP) is 4.51. The molecule has 5 nitrogen and oxygen atoms in total. The number of thioether (sulfide) groups is 1. The van der Waals surface area contributed by atoms with Gasteiger partial charge >= 0.3 is 0 Å². The van der Waals surface area contributed by atoms with Crippen LogP contribution in [0.15, 0.2) is 54.6 Å². The molecular weight excluding hydrogens is 408 g/mol. The van der Waals surface area contributed by atoms with E-state index in [9.17, 15) is 9.59 Å². The molecule has 0 bridgehead atoms. The number of hydrogen-bond acceptors (Lipinski definition) is 4. The molecule has 0 spiro atoms. The molecule has 0 aliphatic rings. The lowest BCUT2D eigenvalue weighted by atomic mass is 10.1. The molecule has 0 heterocycles. The van der Waals surface area contributed by atoms with Crippen molar-refractivity contribution in [1.82, 2.24) is 10.2 Å². The number of carbonyl (C=O) groups excluding carboxylic acids is 2. The smallest absolute Gasteiger partial charge is 0.242 e. The van der Waals surface area contributed by atoms with E-state index >= 15 is 0 Å². The maximum Gasteiger partial charge on any atom is 0.242 e. The van der Waals surface area contributed by atoms with E-state index in [0.717, 1.165) is 17.1 Å². The molecule has 1 N–H and O–H groups in total. The number of carbonyl (C=O) groups is 2. The third-order valence-corrected chi connectivity index (χ3v) is 5.94. The molecule has 2 aromatic rings. The van der Waals surface area contributed by atoms with Gasteiger partial charge in [0.1, 0.15) is 11.8 Å². The van der Waals surface area contributed by atoms with Crippen molar-refractivity contribution in [2.24, 2.45) is 5.92 Å². The van der Waals surface area contributed by atoms with Crippen LogP contribution in [-0.2, 0) is 21.9 Å². The maximum absolute atomic E-state index is 13.1. The number of methoxy groups -OCH3 is 1. The minimum absolute atomic E-state index is 0.0180. The molecule has 1 atom stereocenters. The van der Waals surface area contributed by atoms with Gasteiger partial charge in [0.15, 0.2) is 0 Å². The summed E-state index contributed by atoms with van der Waals surface area (Å²) in [5.41, 5.74) is 2.18. The molecule has 2 amide bonds. The highest BCUT2D eigenvalue weighted by atomic mass is 32.2. The van der Waals surface area contributed by atoms with Crippen LogP contribution in [0.1, 0.15) is 38.3 Å². The van der Waals surface area contributed by atoms with Crippen LogP contribution in [0.3, 0.4) is 0 Å². The average molecular weight is 443 g/mol. The quantitative estimate of drug-likeness (QED) is 0.492. The molecule has 0 saturated carbocycles. The fourth-order valence-electron chi connectivity index (χ4n) is 3.07. The van der Waals surface area contributed by atoms with Gasteiger partial charge in [-0.15, -0.1) is 0 Å². The molecule has 2 aromatic carbocycles. The van der Waals surface area contributed by atoms with Crippen LogP contribution >= 0.6 is 11.8 Å². The highest BCUT2D eigenvalue weighted by Crippen LogP contribution is 2.18. The van der Waals surface area contributed by atoms with Gasteiger partial charge in [-0.05, 0) is 36.1 Å². The number of nitrogens with zero attached hydrogens (tertiary/aromatic N) is 1. The van der Waals surface area contributed by atoms with Crippen LogP contribution in [0.2, 0.25) is 0 Å². The van der Waals surface area contributed by atoms with Gasteiger partial charge in [-0.3, -0.25) is 9.59 Å². The lowest BCUT2D eigenvalue weighted by Crippen LogP contribution is -2.48. The van der Waals surface area contributed by atoms with Gasteiger partial charge in [0.2, 0.25) is 11.8 Å². The average Bonchev–Trinajstić information content (AvgIpc) is 2.78. The molecule has 168 valence electrons. The molecule has 2 rings (SSSR count). The Bertz CT molecular complexity index is 827. The van der Waals surface area contributed by atoms with Crippen molar-refractivity contribution in [2.75, 3.05) is 19.4 Å². The Labute approximate surface area is 190 Å². The minimum atomic E-state index is -0.545.